The van der Waals surface area contributed by atoms with E-state index in [2.05, 4.69) is 5.32 Å². The number of anilines is 1. The highest BCUT2D eigenvalue weighted by Gasteiger charge is 2.17. The molecule has 0 spiro atoms. The molecule has 0 unspecified atom stereocenters. The number of nitrogens with one attached hydrogen (secondary N) is 1. The largest absolute Gasteiger partial charge is 0.486 e. The maximum Gasteiger partial charge on any atom is 0.251 e. The number of hydrogen-bond acceptors (Lipinski definition) is 4. The van der Waals surface area contributed by atoms with E-state index in [-0.39, 0.29) is 11.8 Å². The monoisotopic (exact) mass is 374 g/mol. The summed E-state index contributed by atoms with van der Waals surface area (Å²) in [7, 11) is 0. The lowest BCUT2D eigenvalue weighted by atomic mass is 10.2. The molecule has 7 heteroatoms. The van der Waals surface area contributed by atoms with Crippen LogP contribution in [-0.2, 0) is 4.79 Å². The van der Waals surface area contributed by atoms with Gasteiger partial charge < -0.3 is 19.7 Å². The minimum absolute atomic E-state index is 0.123. The van der Waals surface area contributed by atoms with Crippen LogP contribution in [0.15, 0.2) is 42.5 Å². The highest BCUT2D eigenvalue weighted by Crippen LogP contribution is 2.33. The van der Waals surface area contributed by atoms with Crippen LogP contribution in [0.5, 0.6) is 11.5 Å². The fourth-order valence-corrected chi connectivity index (χ4v) is 2.78. The van der Waals surface area contributed by atoms with Gasteiger partial charge in [-0.15, -0.1) is 0 Å². The van der Waals surface area contributed by atoms with E-state index in [0.29, 0.717) is 54.1 Å². The van der Waals surface area contributed by atoms with Crippen LogP contribution in [-0.4, -0.2) is 38.1 Å². The first-order valence-corrected chi connectivity index (χ1v) is 8.64. The van der Waals surface area contributed by atoms with Crippen molar-refractivity contribution in [3.8, 4) is 11.5 Å². The van der Waals surface area contributed by atoms with Crippen molar-refractivity contribution in [1.82, 2.24) is 5.32 Å². The molecule has 1 N–H and O–H groups in total. The van der Waals surface area contributed by atoms with E-state index < -0.39 is 0 Å². The van der Waals surface area contributed by atoms with Gasteiger partial charge in [-0.2, -0.15) is 0 Å². The number of carbonyl (C=O) groups is 2. The van der Waals surface area contributed by atoms with Crippen LogP contribution in [0, 0.1) is 0 Å². The second kappa shape index (κ2) is 8.10. The quantitative estimate of drug-likeness (QED) is 0.873. The lowest BCUT2D eigenvalue weighted by molar-refractivity contribution is -0.116. The Morgan fingerprint density at radius 1 is 1.08 bits per heavy atom. The summed E-state index contributed by atoms with van der Waals surface area (Å²) in [5.41, 5.74) is 1.21. The Hall–Kier alpha value is -2.73. The first-order valence-electron chi connectivity index (χ1n) is 8.26. The normalized spacial score (nSPS) is 12.4. The van der Waals surface area contributed by atoms with Crippen molar-refractivity contribution >= 4 is 29.1 Å². The first-order chi connectivity index (χ1) is 12.5. The zero-order valence-corrected chi connectivity index (χ0v) is 15.1. The number of amides is 2. The summed E-state index contributed by atoms with van der Waals surface area (Å²) in [5.74, 6) is 0.944. The van der Waals surface area contributed by atoms with Crippen molar-refractivity contribution in [2.75, 3.05) is 31.2 Å². The van der Waals surface area contributed by atoms with Crippen molar-refractivity contribution in [2.45, 2.75) is 6.92 Å². The summed E-state index contributed by atoms with van der Waals surface area (Å²) >= 11 is 5.82. The molecule has 2 amide bonds. The van der Waals surface area contributed by atoms with Gasteiger partial charge in [0.1, 0.15) is 13.2 Å². The molecule has 1 aliphatic rings. The zero-order valence-electron chi connectivity index (χ0n) is 14.3. The standard InChI is InChI=1S/C19H19ClN2O4/c1-13(23)22(16-6-7-17-18(12-16)26-11-10-25-17)9-8-21-19(24)14-2-4-15(20)5-3-14/h2-7,12H,8-11H2,1H3,(H,21,24). The van der Waals surface area contributed by atoms with Gasteiger partial charge in [-0.25, -0.2) is 0 Å². The van der Waals surface area contributed by atoms with Crippen molar-refractivity contribution in [2.24, 2.45) is 0 Å². The van der Waals surface area contributed by atoms with Gasteiger partial charge in [-0.1, -0.05) is 11.6 Å². The fourth-order valence-electron chi connectivity index (χ4n) is 2.65. The van der Waals surface area contributed by atoms with E-state index in [0.717, 1.165) is 0 Å². The van der Waals surface area contributed by atoms with Crippen molar-refractivity contribution < 1.29 is 19.1 Å². The average molecular weight is 375 g/mol. The third-order valence-corrected chi connectivity index (χ3v) is 4.20. The highest BCUT2D eigenvalue weighted by atomic mass is 35.5. The number of benzene rings is 2. The topological polar surface area (TPSA) is 67.9 Å². The third-order valence-electron chi connectivity index (χ3n) is 3.94. The number of hydrogen-bond donors (Lipinski definition) is 1. The maximum atomic E-state index is 12.1. The molecule has 1 aliphatic heterocycles. The van der Waals surface area contributed by atoms with Crippen molar-refractivity contribution in [3.05, 3.63) is 53.1 Å². The Morgan fingerprint density at radius 2 is 1.77 bits per heavy atom. The van der Waals surface area contributed by atoms with Crippen LogP contribution in [0.25, 0.3) is 0 Å². The molecule has 0 bridgehead atoms. The molecule has 0 radical (unpaired) electrons. The van der Waals surface area contributed by atoms with Crippen LogP contribution < -0.4 is 19.7 Å². The number of rotatable bonds is 5. The van der Waals surface area contributed by atoms with Gasteiger partial charge in [0, 0.05) is 42.4 Å². The minimum Gasteiger partial charge on any atom is -0.486 e. The Balaban J connectivity index is 1.63. The fraction of sp³-hybridized carbons (Fsp3) is 0.263. The summed E-state index contributed by atoms with van der Waals surface area (Å²) < 4.78 is 11.1. The Bertz CT molecular complexity index is 808. The molecule has 0 aromatic heterocycles. The number of nitrogens with zero attached hydrogens (tertiary/aromatic N) is 1. The summed E-state index contributed by atoms with van der Waals surface area (Å²) in [6.07, 6.45) is 0. The average Bonchev–Trinajstić information content (AvgIpc) is 2.65. The molecule has 0 fully saturated rings. The first kappa shape index (κ1) is 18.1. The van der Waals surface area contributed by atoms with Gasteiger partial charge in [0.05, 0.1) is 0 Å². The van der Waals surface area contributed by atoms with Gasteiger partial charge in [0.2, 0.25) is 5.91 Å². The lowest BCUT2D eigenvalue weighted by Gasteiger charge is -2.24. The summed E-state index contributed by atoms with van der Waals surface area (Å²) in [6.45, 7) is 3.13. The minimum atomic E-state index is -0.215. The second-order valence-corrected chi connectivity index (χ2v) is 6.20. The SMILES string of the molecule is CC(=O)N(CCNC(=O)c1ccc(Cl)cc1)c1ccc2c(c1)OCCO2. The molecule has 136 valence electrons. The summed E-state index contributed by atoms with van der Waals surface area (Å²) in [6, 6.07) is 12.0. The molecule has 0 aliphatic carbocycles. The van der Waals surface area contributed by atoms with Gasteiger partial charge in [-0.3, -0.25) is 9.59 Å². The van der Waals surface area contributed by atoms with Crippen LogP contribution in [0.3, 0.4) is 0 Å². The maximum absolute atomic E-state index is 12.1. The Labute approximate surface area is 156 Å². The van der Waals surface area contributed by atoms with E-state index in [1.807, 2.05) is 0 Å². The van der Waals surface area contributed by atoms with E-state index >= 15 is 0 Å². The number of carbonyl (C=O) groups excluding carboxylic acids is 2. The van der Waals surface area contributed by atoms with Gasteiger partial charge in [0.15, 0.2) is 11.5 Å². The molecule has 26 heavy (non-hydrogen) atoms. The van der Waals surface area contributed by atoms with Crippen LogP contribution in [0.1, 0.15) is 17.3 Å². The Kier molecular flexibility index (Phi) is 5.63. The van der Waals surface area contributed by atoms with E-state index in [1.165, 1.54) is 6.92 Å². The Morgan fingerprint density at radius 3 is 2.46 bits per heavy atom. The van der Waals surface area contributed by atoms with Crippen LogP contribution >= 0.6 is 11.6 Å². The number of halogens is 1. The molecule has 0 saturated heterocycles. The van der Waals surface area contributed by atoms with Crippen LogP contribution in [0.4, 0.5) is 5.69 Å². The summed E-state index contributed by atoms with van der Waals surface area (Å²) in [4.78, 5) is 25.7. The van der Waals surface area contributed by atoms with Gasteiger partial charge >= 0.3 is 0 Å². The molecule has 3 rings (SSSR count). The molecular weight excluding hydrogens is 356 g/mol. The van der Waals surface area contributed by atoms with E-state index in [4.69, 9.17) is 21.1 Å². The molecule has 2 aromatic carbocycles. The molecule has 0 saturated carbocycles. The molecular formula is C19H19ClN2O4. The van der Waals surface area contributed by atoms with Gasteiger partial charge in [0.25, 0.3) is 5.91 Å². The summed E-state index contributed by atoms with van der Waals surface area (Å²) in [5, 5.41) is 3.38. The predicted octanol–water partition coefficient (Wildman–Crippen LogP) is 2.89. The number of fused-ring (bicyclic) bond motifs is 1. The smallest absolute Gasteiger partial charge is 0.251 e. The van der Waals surface area contributed by atoms with Crippen molar-refractivity contribution in [1.29, 1.82) is 0 Å². The molecule has 1 heterocycles. The predicted molar refractivity (Wildman–Crippen MR) is 99.2 cm³/mol. The molecule has 6 nitrogen and oxygen atoms in total. The number of ether oxygens (including phenoxy) is 2. The second-order valence-electron chi connectivity index (χ2n) is 5.76. The van der Waals surface area contributed by atoms with Crippen LogP contribution in [0.2, 0.25) is 5.02 Å². The highest BCUT2D eigenvalue weighted by molar-refractivity contribution is 6.30. The lowest BCUT2D eigenvalue weighted by Crippen LogP contribution is -2.37. The van der Waals surface area contributed by atoms with Gasteiger partial charge in [-0.05, 0) is 36.4 Å². The molecule has 2 aromatic rings. The van der Waals surface area contributed by atoms with Crippen molar-refractivity contribution in [3.63, 3.8) is 0 Å². The molecule has 0 atom stereocenters. The third kappa shape index (κ3) is 4.26. The van der Waals surface area contributed by atoms with E-state index in [9.17, 15) is 9.59 Å². The van der Waals surface area contributed by atoms with E-state index in [1.54, 1.807) is 47.4 Å². The zero-order chi connectivity index (χ0) is 18.5.